The Kier molecular flexibility index (Phi) is 4.97. The van der Waals surface area contributed by atoms with Crippen molar-refractivity contribution in [2.24, 2.45) is 0 Å². The van der Waals surface area contributed by atoms with Gasteiger partial charge in [0.15, 0.2) is 0 Å². The van der Waals surface area contributed by atoms with E-state index in [2.05, 4.69) is 15.5 Å². The van der Waals surface area contributed by atoms with E-state index in [0.717, 1.165) is 22.3 Å². The normalized spacial score (nSPS) is 10.6. The summed E-state index contributed by atoms with van der Waals surface area (Å²) in [6.45, 7) is 2.51. The van der Waals surface area contributed by atoms with E-state index in [1.165, 1.54) is 0 Å². The van der Waals surface area contributed by atoms with Crippen LogP contribution in [0.15, 0.2) is 83.3 Å². The van der Waals surface area contributed by atoms with E-state index in [1.54, 1.807) is 12.1 Å². The molecule has 0 radical (unpaired) electrons. The third kappa shape index (κ3) is 3.99. The Balaban J connectivity index is 1.45. The Morgan fingerprint density at radius 1 is 0.857 bits per heavy atom. The minimum atomic E-state index is -0.124. The van der Waals surface area contributed by atoms with Gasteiger partial charge in [-0.25, -0.2) is 0 Å². The maximum absolute atomic E-state index is 12.3. The van der Waals surface area contributed by atoms with E-state index in [4.69, 9.17) is 4.42 Å². The molecule has 1 aromatic heterocycles. The van der Waals surface area contributed by atoms with Crippen molar-refractivity contribution in [2.45, 2.75) is 13.5 Å². The van der Waals surface area contributed by atoms with Crippen LogP contribution in [0.3, 0.4) is 0 Å². The first-order valence-electron chi connectivity index (χ1n) is 9.02. The average molecular weight is 369 g/mol. The van der Waals surface area contributed by atoms with Gasteiger partial charge >= 0.3 is 0 Å². The van der Waals surface area contributed by atoms with Crippen LogP contribution >= 0.6 is 0 Å². The number of hydrogen-bond acceptors (Lipinski definition) is 4. The fourth-order valence-corrected chi connectivity index (χ4v) is 2.88. The highest BCUT2D eigenvalue weighted by Crippen LogP contribution is 2.24. The van der Waals surface area contributed by atoms with Crippen molar-refractivity contribution in [3.63, 3.8) is 0 Å². The van der Waals surface area contributed by atoms with Crippen LogP contribution < -0.4 is 5.32 Å². The molecule has 0 atom stereocenters. The Morgan fingerprint density at radius 2 is 1.57 bits per heavy atom. The van der Waals surface area contributed by atoms with Crippen LogP contribution in [-0.4, -0.2) is 16.1 Å². The molecule has 1 heterocycles. The van der Waals surface area contributed by atoms with Crippen molar-refractivity contribution in [3.8, 4) is 22.9 Å². The van der Waals surface area contributed by atoms with E-state index >= 15 is 0 Å². The summed E-state index contributed by atoms with van der Waals surface area (Å²) in [6, 6.07) is 24.8. The number of carbonyl (C=O) groups excluding carboxylic acids is 1. The number of carbonyl (C=O) groups is 1. The molecule has 0 fully saturated rings. The zero-order valence-electron chi connectivity index (χ0n) is 15.4. The Bertz CT molecular complexity index is 1090. The summed E-state index contributed by atoms with van der Waals surface area (Å²) in [7, 11) is 0. The summed E-state index contributed by atoms with van der Waals surface area (Å²) in [5.41, 5.74) is 4.42. The fraction of sp³-hybridized carbons (Fsp3) is 0.0870. The quantitative estimate of drug-likeness (QED) is 0.556. The lowest BCUT2D eigenvalue weighted by Gasteiger charge is -2.05. The number of rotatable bonds is 5. The second-order valence-corrected chi connectivity index (χ2v) is 6.53. The molecule has 1 N–H and O–H groups in total. The monoisotopic (exact) mass is 369 g/mol. The topological polar surface area (TPSA) is 68.0 Å². The Hall–Kier alpha value is -3.73. The first-order chi connectivity index (χ1) is 13.7. The lowest BCUT2D eigenvalue weighted by molar-refractivity contribution is 0.0951. The van der Waals surface area contributed by atoms with Crippen LogP contribution in [0, 0.1) is 6.92 Å². The second-order valence-electron chi connectivity index (χ2n) is 6.53. The maximum Gasteiger partial charge on any atom is 0.251 e. The summed E-state index contributed by atoms with van der Waals surface area (Å²) in [6.07, 6.45) is 0. The van der Waals surface area contributed by atoms with E-state index in [9.17, 15) is 4.79 Å². The van der Waals surface area contributed by atoms with E-state index in [1.807, 2.05) is 73.7 Å². The molecule has 0 saturated heterocycles. The van der Waals surface area contributed by atoms with Crippen LogP contribution in [0.4, 0.5) is 0 Å². The van der Waals surface area contributed by atoms with Crippen molar-refractivity contribution in [1.29, 1.82) is 0 Å². The van der Waals surface area contributed by atoms with Crippen molar-refractivity contribution in [1.82, 2.24) is 15.5 Å². The van der Waals surface area contributed by atoms with Gasteiger partial charge in [0.1, 0.15) is 0 Å². The third-order valence-electron chi connectivity index (χ3n) is 4.38. The van der Waals surface area contributed by atoms with Gasteiger partial charge in [-0.1, -0.05) is 48.0 Å². The number of amides is 1. The molecule has 0 saturated carbocycles. The first kappa shape index (κ1) is 17.7. The molecule has 0 unspecified atom stereocenters. The standard InChI is InChI=1S/C23H19N3O2/c1-16-6-5-9-20(14-16)23-26-25-22(28-23)19-12-10-18(11-13-19)21(27)24-15-17-7-3-2-4-8-17/h2-14H,15H2,1H3,(H,24,27). The van der Waals surface area contributed by atoms with Gasteiger partial charge in [0.25, 0.3) is 5.91 Å². The van der Waals surface area contributed by atoms with Crippen LogP contribution in [-0.2, 0) is 6.54 Å². The van der Waals surface area contributed by atoms with Gasteiger partial charge < -0.3 is 9.73 Å². The summed E-state index contributed by atoms with van der Waals surface area (Å²) in [4.78, 5) is 12.3. The molecule has 138 valence electrons. The molecule has 0 spiro atoms. The highest BCUT2D eigenvalue weighted by molar-refractivity contribution is 5.94. The highest BCUT2D eigenvalue weighted by atomic mass is 16.4. The molecule has 5 heteroatoms. The number of aromatic nitrogens is 2. The zero-order chi connectivity index (χ0) is 19.3. The Labute approximate surface area is 163 Å². The smallest absolute Gasteiger partial charge is 0.251 e. The molecule has 28 heavy (non-hydrogen) atoms. The lowest BCUT2D eigenvalue weighted by Crippen LogP contribution is -2.22. The summed E-state index contributed by atoms with van der Waals surface area (Å²) in [5, 5.41) is 11.2. The molecule has 0 aliphatic carbocycles. The van der Waals surface area contributed by atoms with Gasteiger partial charge in [-0.05, 0) is 48.9 Å². The average Bonchev–Trinajstić information content (AvgIpc) is 3.23. The molecule has 4 aromatic rings. The third-order valence-corrected chi connectivity index (χ3v) is 4.38. The van der Waals surface area contributed by atoms with Crippen LogP contribution in [0.25, 0.3) is 22.9 Å². The maximum atomic E-state index is 12.3. The van der Waals surface area contributed by atoms with Gasteiger partial charge in [0.2, 0.25) is 11.8 Å². The van der Waals surface area contributed by atoms with Gasteiger partial charge in [0, 0.05) is 23.2 Å². The molecule has 5 nitrogen and oxygen atoms in total. The van der Waals surface area contributed by atoms with E-state index in [0.29, 0.717) is 23.9 Å². The van der Waals surface area contributed by atoms with E-state index in [-0.39, 0.29) is 5.91 Å². The predicted octanol–water partition coefficient (Wildman–Crippen LogP) is 4.64. The molecule has 0 bridgehead atoms. The molecular weight excluding hydrogens is 350 g/mol. The SMILES string of the molecule is Cc1cccc(-c2nnc(-c3ccc(C(=O)NCc4ccccc4)cc3)o2)c1. The fourth-order valence-electron chi connectivity index (χ4n) is 2.88. The summed E-state index contributed by atoms with van der Waals surface area (Å²) < 4.78 is 5.79. The highest BCUT2D eigenvalue weighted by Gasteiger charge is 2.12. The molecule has 1 amide bonds. The van der Waals surface area contributed by atoms with Crippen molar-refractivity contribution in [2.75, 3.05) is 0 Å². The van der Waals surface area contributed by atoms with Gasteiger partial charge in [-0.2, -0.15) is 0 Å². The number of nitrogens with zero attached hydrogens (tertiary/aromatic N) is 2. The van der Waals surface area contributed by atoms with Gasteiger partial charge in [-0.3, -0.25) is 4.79 Å². The summed E-state index contributed by atoms with van der Waals surface area (Å²) in [5.74, 6) is 0.775. The number of hydrogen-bond donors (Lipinski definition) is 1. The van der Waals surface area contributed by atoms with Gasteiger partial charge in [0.05, 0.1) is 0 Å². The largest absolute Gasteiger partial charge is 0.416 e. The number of benzene rings is 3. The minimum Gasteiger partial charge on any atom is -0.416 e. The van der Waals surface area contributed by atoms with Gasteiger partial charge in [-0.15, -0.1) is 10.2 Å². The zero-order valence-corrected chi connectivity index (χ0v) is 15.4. The molecular formula is C23H19N3O2. The number of aryl methyl sites for hydroxylation is 1. The second kappa shape index (κ2) is 7.88. The first-order valence-corrected chi connectivity index (χ1v) is 9.02. The number of nitrogens with one attached hydrogen (secondary N) is 1. The van der Waals surface area contributed by atoms with Crippen LogP contribution in [0.2, 0.25) is 0 Å². The molecule has 3 aromatic carbocycles. The molecule has 0 aliphatic rings. The lowest BCUT2D eigenvalue weighted by atomic mass is 10.1. The van der Waals surface area contributed by atoms with Crippen molar-refractivity contribution in [3.05, 3.63) is 95.6 Å². The van der Waals surface area contributed by atoms with Crippen LogP contribution in [0.1, 0.15) is 21.5 Å². The predicted molar refractivity (Wildman–Crippen MR) is 108 cm³/mol. The van der Waals surface area contributed by atoms with Crippen molar-refractivity contribution >= 4 is 5.91 Å². The Morgan fingerprint density at radius 3 is 2.29 bits per heavy atom. The van der Waals surface area contributed by atoms with E-state index < -0.39 is 0 Å². The van der Waals surface area contributed by atoms with Crippen molar-refractivity contribution < 1.29 is 9.21 Å². The van der Waals surface area contributed by atoms with Crippen LogP contribution in [0.5, 0.6) is 0 Å². The molecule has 0 aliphatic heterocycles. The minimum absolute atomic E-state index is 0.124. The molecule has 4 rings (SSSR count). The summed E-state index contributed by atoms with van der Waals surface area (Å²) >= 11 is 0.